The van der Waals surface area contributed by atoms with E-state index in [0.717, 1.165) is 50.7 Å². The first-order valence-corrected chi connectivity index (χ1v) is 11.6. The number of carbonyl (C=O) groups excluding carboxylic acids is 1. The van der Waals surface area contributed by atoms with Crippen molar-refractivity contribution in [3.8, 4) is 11.1 Å². The van der Waals surface area contributed by atoms with Crippen LogP contribution in [0.25, 0.3) is 11.1 Å². The summed E-state index contributed by atoms with van der Waals surface area (Å²) in [6, 6.07) is 15.5. The maximum atomic E-state index is 12.1. The van der Waals surface area contributed by atoms with E-state index in [9.17, 15) is 4.79 Å². The standard InChI is InChI=1S/C26H31N5O/c1-17(2)26(32)27-18(3)25-29-28-24-10-11-30(12-13-31(24)25)16-19-8-9-23-21(14-19)15-20-6-4-5-7-22(20)23/h4-9,14,17-18H,10-13,15-16H2,1-3H3,(H,27,32)/t18-/m1/s1. The summed E-state index contributed by atoms with van der Waals surface area (Å²) in [4.78, 5) is 14.6. The molecule has 0 radical (unpaired) electrons. The zero-order valence-electron chi connectivity index (χ0n) is 19.1. The van der Waals surface area contributed by atoms with Crippen molar-refractivity contribution >= 4 is 5.91 Å². The van der Waals surface area contributed by atoms with Crippen LogP contribution in [0.5, 0.6) is 0 Å². The van der Waals surface area contributed by atoms with Crippen LogP contribution in [0.4, 0.5) is 0 Å². The van der Waals surface area contributed by atoms with Crippen LogP contribution >= 0.6 is 0 Å². The first-order chi connectivity index (χ1) is 15.5. The molecule has 2 aliphatic rings. The molecule has 1 atom stereocenters. The molecule has 2 heterocycles. The number of hydrogen-bond acceptors (Lipinski definition) is 4. The Morgan fingerprint density at radius 2 is 1.81 bits per heavy atom. The highest BCUT2D eigenvalue weighted by Crippen LogP contribution is 2.36. The maximum absolute atomic E-state index is 12.1. The van der Waals surface area contributed by atoms with Gasteiger partial charge in [-0.25, -0.2) is 0 Å². The van der Waals surface area contributed by atoms with E-state index in [-0.39, 0.29) is 17.9 Å². The number of hydrogen-bond donors (Lipinski definition) is 1. The summed E-state index contributed by atoms with van der Waals surface area (Å²) in [6.07, 6.45) is 1.90. The van der Waals surface area contributed by atoms with Gasteiger partial charge in [0.15, 0.2) is 5.82 Å². The van der Waals surface area contributed by atoms with Crippen LogP contribution in [0.3, 0.4) is 0 Å². The molecule has 32 heavy (non-hydrogen) atoms. The number of carbonyl (C=O) groups is 1. The van der Waals surface area contributed by atoms with E-state index in [1.807, 2.05) is 20.8 Å². The number of fused-ring (bicyclic) bond motifs is 4. The summed E-state index contributed by atoms with van der Waals surface area (Å²) in [6.45, 7) is 9.49. The third kappa shape index (κ3) is 3.95. The fourth-order valence-electron chi connectivity index (χ4n) is 4.87. The Kier molecular flexibility index (Phi) is 5.55. The van der Waals surface area contributed by atoms with E-state index in [0.29, 0.717) is 0 Å². The van der Waals surface area contributed by atoms with Crippen molar-refractivity contribution in [1.29, 1.82) is 0 Å². The van der Waals surface area contributed by atoms with E-state index in [2.05, 4.69) is 67.4 Å². The predicted octanol–water partition coefficient (Wildman–Crippen LogP) is 3.74. The van der Waals surface area contributed by atoms with Crippen LogP contribution in [0.15, 0.2) is 42.5 Å². The van der Waals surface area contributed by atoms with Crippen LogP contribution in [-0.2, 0) is 30.7 Å². The van der Waals surface area contributed by atoms with Crippen molar-refractivity contribution in [2.45, 2.75) is 52.7 Å². The minimum Gasteiger partial charge on any atom is -0.346 e. The molecule has 0 unspecified atom stereocenters. The highest BCUT2D eigenvalue weighted by molar-refractivity contribution is 5.78. The van der Waals surface area contributed by atoms with Crippen LogP contribution in [0.1, 0.15) is 55.2 Å². The average molecular weight is 430 g/mol. The van der Waals surface area contributed by atoms with Gasteiger partial charge in [-0.1, -0.05) is 56.3 Å². The highest BCUT2D eigenvalue weighted by atomic mass is 16.1. The number of nitrogens with one attached hydrogen (secondary N) is 1. The van der Waals surface area contributed by atoms with Crippen molar-refractivity contribution in [2.75, 3.05) is 13.1 Å². The first-order valence-electron chi connectivity index (χ1n) is 11.6. The Morgan fingerprint density at radius 3 is 2.66 bits per heavy atom. The topological polar surface area (TPSA) is 63.1 Å². The lowest BCUT2D eigenvalue weighted by Gasteiger charge is -2.21. The molecule has 3 aromatic rings. The summed E-state index contributed by atoms with van der Waals surface area (Å²) in [7, 11) is 0. The monoisotopic (exact) mass is 429 g/mol. The van der Waals surface area contributed by atoms with E-state index in [4.69, 9.17) is 0 Å². The van der Waals surface area contributed by atoms with Gasteiger partial charge in [-0.15, -0.1) is 10.2 Å². The lowest BCUT2D eigenvalue weighted by Crippen LogP contribution is -2.32. The molecule has 0 bridgehead atoms. The smallest absolute Gasteiger partial charge is 0.223 e. The molecule has 1 aromatic heterocycles. The summed E-state index contributed by atoms with van der Waals surface area (Å²) < 4.78 is 2.20. The summed E-state index contributed by atoms with van der Waals surface area (Å²) in [5, 5.41) is 11.9. The van der Waals surface area contributed by atoms with Crippen molar-refractivity contribution in [1.82, 2.24) is 25.0 Å². The molecule has 0 fully saturated rings. The molecule has 1 N–H and O–H groups in total. The van der Waals surface area contributed by atoms with Gasteiger partial charge in [-0.05, 0) is 41.2 Å². The molecule has 6 nitrogen and oxygen atoms in total. The lowest BCUT2D eigenvalue weighted by molar-refractivity contribution is -0.124. The van der Waals surface area contributed by atoms with E-state index in [1.54, 1.807) is 0 Å². The molecule has 0 saturated heterocycles. The maximum Gasteiger partial charge on any atom is 0.223 e. The normalized spacial score (nSPS) is 16.2. The van der Waals surface area contributed by atoms with Gasteiger partial charge in [-0.3, -0.25) is 9.69 Å². The van der Waals surface area contributed by atoms with E-state index in [1.165, 1.54) is 27.8 Å². The molecule has 1 aliphatic heterocycles. The Morgan fingerprint density at radius 1 is 1.00 bits per heavy atom. The number of amides is 1. The largest absolute Gasteiger partial charge is 0.346 e. The zero-order chi connectivity index (χ0) is 22.2. The number of rotatable bonds is 5. The third-order valence-electron chi connectivity index (χ3n) is 6.68. The summed E-state index contributed by atoms with van der Waals surface area (Å²) in [5.74, 6) is 1.87. The second kappa shape index (κ2) is 8.51. The van der Waals surface area contributed by atoms with Crippen molar-refractivity contribution in [3.05, 3.63) is 70.8 Å². The van der Waals surface area contributed by atoms with Crippen molar-refractivity contribution < 1.29 is 4.79 Å². The quantitative estimate of drug-likeness (QED) is 0.525. The lowest BCUT2D eigenvalue weighted by atomic mass is 10.0. The van der Waals surface area contributed by atoms with Gasteiger partial charge in [0.2, 0.25) is 5.91 Å². The van der Waals surface area contributed by atoms with Gasteiger partial charge >= 0.3 is 0 Å². The Hall–Kier alpha value is -2.99. The second-order valence-electron chi connectivity index (χ2n) is 9.36. The van der Waals surface area contributed by atoms with Crippen LogP contribution in [0, 0.1) is 5.92 Å². The molecule has 0 saturated carbocycles. The number of aromatic nitrogens is 3. The summed E-state index contributed by atoms with van der Waals surface area (Å²) in [5.41, 5.74) is 7.00. The van der Waals surface area contributed by atoms with Gasteiger partial charge in [0, 0.05) is 38.5 Å². The third-order valence-corrected chi connectivity index (χ3v) is 6.68. The molecule has 0 spiro atoms. The molecule has 2 aromatic carbocycles. The number of benzene rings is 2. The Labute approximate surface area is 189 Å². The van der Waals surface area contributed by atoms with E-state index < -0.39 is 0 Å². The van der Waals surface area contributed by atoms with Gasteiger partial charge in [0.25, 0.3) is 0 Å². The highest BCUT2D eigenvalue weighted by Gasteiger charge is 2.24. The van der Waals surface area contributed by atoms with Gasteiger partial charge in [0.05, 0.1) is 6.04 Å². The molecule has 1 aliphatic carbocycles. The molecule has 5 rings (SSSR count). The summed E-state index contributed by atoms with van der Waals surface area (Å²) >= 11 is 0. The Bertz CT molecular complexity index is 1150. The second-order valence-corrected chi connectivity index (χ2v) is 9.36. The van der Waals surface area contributed by atoms with Crippen molar-refractivity contribution in [3.63, 3.8) is 0 Å². The fraction of sp³-hybridized carbons (Fsp3) is 0.423. The molecule has 6 heteroatoms. The van der Waals surface area contributed by atoms with E-state index >= 15 is 0 Å². The Balaban J connectivity index is 1.26. The molecule has 1 amide bonds. The van der Waals surface area contributed by atoms with Gasteiger partial charge < -0.3 is 9.88 Å². The van der Waals surface area contributed by atoms with Crippen LogP contribution < -0.4 is 5.32 Å². The van der Waals surface area contributed by atoms with Crippen molar-refractivity contribution in [2.24, 2.45) is 5.92 Å². The van der Waals surface area contributed by atoms with Gasteiger partial charge in [-0.2, -0.15) is 0 Å². The number of nitrogens with zero attached hydrogens (tertiary/aromatic N) is 4. The molecular formula is C26H31N5O. The first kappa shape index (κ1) is 20.9. The fourth-order valence-corrected chi connectivity index (χ4v) is 4.87. The predicted molar refractivity (Wildman–Crippen MR) is 125 cm³/mol. The minimum atomic E-state index is -0.143. The average Bonchev–Trinajstić information content (AvgIpc) is 3.30. The SMILES string of the molecule is CC(C)C(=O)N[C@H](C)c1nnc2n1CCN(Cc1ccc3c(c1)Cc1ccccc1-3)CC2. The minimum absolute atomic E-state index is 0.0421. The molecule has 166 valence electrons. The van der Waals surface area contributed by atoms with Crippen LogP contribution in [0.2, 0.25) is 0 Å². The van der Waals surface area contributed by atoms with Gasteiger partial charge in [0.1, 0.15) is 5.82 Å². The van der Waals surface area contributed by atoms with Crippen LogP contribution in [-0.4, -0.2) is 38.7 Å². The molecular weight excluding hydrogens is 398 g/mol. The zero-order valence-corrected chi connectivity index (χ0v) is 19.1.